The number of likely N-dealkylation sites (tertiary alicyclic amines) is 1. The molecular formula is C12H16N2O5. The highest BCUT2D eigenvalue weighted by molar-refractivity contribution is 5.83. The zero-order valence-electron chi connectivity index (χ0n) is 10.4. The molecule has 1 aromatic rings. The average Bonchev–Trinajstić information content (AvgIpc) is 2.96. The van der Waals surface area contributed by atoms with E-state index in [0.29, 0.717) is 5.76 Å². The van der Waals surface area contributed by atoms with Gasteiger partial charge in [-0.25, -0.2) is 9.59 Å². The van der Waals surface area contributed by atoms with Gasteiger partial charge in [-0.3, -0.25) is 0 Å². The molecule has 1 aliphatic heterocycles. The van der Waals surface area contributed by atoms with Crippen LogP contribution < -0.4 is 5.32 Å². The third-order valence-electron chi connectivity index (χ3n) is 3.13. The zero-order valence-corrected chi connectivity index (χ0v) is 10.4. The number of β-amino-alcohol motifs (C(OH)–C–C–N with tert-alkyl or cyclic N) is 1. The number of carboxylic acid groups (broad SMARTS) is 1. The highest BCUT2D eigenvalue weighted by atomic mass is 16.4. The van der Waals surface area contributed by atoms with Gasteiger partial charge in [0.05, 0.1) is 18.4 Å². The molecular weight excluding hydrogens is 252 g/mol. The number of aliphatic hydroxyl groups is 1. The summed E-state index contributed by atoms with van der Waals surface area (Å²) in [6.45, 7) is 1.76. The van der Waals surface area contributed by atoms with Crippen molar-refractivity contribution >= 4 is 12.0 Å². The van der Waals surface area contributed by atoms with Gasteiger partial charge < -0.3 is 24.8 Å². The van der Waals surface area contributed by atoms with Gasteiger partial charge in [0, 0.05) is 13.0 Å². The fourth-order valence-corrected chi connectivity index (χ4v) is 2.15. The second-order valence-corrected chi connectivity index (χ2v) is 4.58. The van der Waals surface area contributed by atoms with Crippen molar-refractivity contribution in [2.45, 2.75) is 31.5 Å². The molecule has 7 heteroatoms. The second kappa shape index (κ2) is 5.31. The summed E-state index contributed by atoms with van der Waals surface area (Å²) in [5.41, 5.74) is 0. The number of hydrogen-bond donors (Lipinski definition) is 3. The molecule has 1 saturated heterocycles. The first-order chi connectivity index (χ1) is 8.99. The van der Waals surface area contributed by atoms with E-state index >= 15 is 0 Å². The predicted octanol–water partition coefficient (Wildman–Crippen LogP) is 0.570. The van der Waals surface area contributed by atoms with Crippen LogP contribution in [0.1, 0.15) is 25.1 Å². The molecule has 7 nitrogen and oxygen atoms in total. The van der Waals surface area contributed by atoms with Crippen molar-refractivity contribution in [2.24, 2.45) is 0 Å². The average molecular weight is 268 g/mol. The maximum absolute atomic E-state index is 12.0. The van der Waals surface area contributed by atoms with Crippen LogP contribution in [0.2, 0.25) is 0 Å². The normalized spacial score (nSPS) is 24.2. The quantitative estimate of drug-likeness (QED) is 0.743. The molecule has 1 fully saturated rings. The molecule has 0 radical (unpaired) electrons. The lowest BCUT2D eigenvalue weighted by Gasteiger charge is -2.23. The third kappa shape index (κ3) is 2.87. The van der Waals surface area contributed by atoms with E-state index in [1.54, 1.807) is 19.1 Å². The van der Waals surface area contributed by atoms with Crippen molar-refractivity contribution in [3.8, 4) is 0 Å². The van der Waals surface area contributed by atoms with Crippen LogP contribution in [0.5, 0.6) is 0 Å². The number of furan rings is 1. The fourth-order valence-electron chi connectivity index (χ4n) is 2.15. The maximum Gasteiger partial charge on any atom is 0.326 e. The molecule has 2 heterocycles. The molecule has 1 aromatic heterocycles. The van der Waals surface area contributed by atoms with Crippen LogP contribution in [0.25, 0.3) is 0 Å². The minimum atomic E-state index is -1.11. The first-order valence-electron chi connectivity index (χ1n) is 6.00. The molecule has 0 spiro atoms. The van der Waals surface area contributed by atoms with Gasteiger partial charge in [-0.05, 0) is 19.1 Å². The molecule has 0 saturated carbocycles. The van der Waals surface area contributed by atoms with E-state index in [0.717, 1.165) is 4.90 Å². The van der Waals surface area contributed by atoms with Gasteiger partial charge in [0.15, 0.2) is 0 Å². The number of carboxylic acids is 1. The summed E-state index contributed by atoms with van der Waals surface area (Å²) in [5, 5.41) is 21.1. The van der Waals surface area contributed by atoms with Crippen molar-refractivity contribution in [1.29, 1.82) is 0 Å². The van der Waals surface area contributed by atoms with Crippen LogP contribution in [-0.4, -0.2) is 45.8 Å². The van der Waals surface area contributed by atoms with E-state index in [1.165, 1.54) is 6.26 Å². The zero-order chi connectivity index (χ0) is 14.0. The summed E-state index contributed by atoms with van der Waals surface area (Å²) in [4.78, 5) is 24.2. The van der Waals surface area contributed by atoms with Crippen LogP contribution in [0, 0.1) is 0 Å². The summed E-state index contributed by atoms with van der Waals surface area (Å²) in [6, 6.07) is 1.55. The van der Waals surface area contributed by atoms with E-state index in [-0.39, 0.29) is 19.0 Å². The monoisotopic (exact) mass is 268 g/mol. The number of aliphatic carboxylic acids is 1. The van der Waals surface area contributed by atoms with Crippen LogP contribution in [0.3, 0.4) is 0 Å². The number of hydrogen-bond acceptors (Lipinski definition) is 4. The van der Waals surface area contributed by atoms with Crippen LogP contribution in [0.15, 0.2) is 22.8 Å². The third-order valence-corrected chi connectivity index (χ3v) is 3.13. The lowest BCUT2D eigenvalue weighted by Crippen LogP contribution is -2.46. The van der Waals surface area contributed by atoms with E-state index < -0.39 is 24.1 Å². The topological polar surface area (TPSA) is 103 Å². The van der Waals surface area contributed by atoms with Crippen LogP contribution in [-0.2, 0) is 4.79 Å². The van der Waals surface area contributed by atoms with E-state index in [1.807, 2.05) is 0 Å². The van der Waals surface area contributed by atoms with Gasteiger partial charge in [0.1, 0.15) is 11.8 Å². The first-order valence-corrected chi connectivity index (χ1v) is 6.00. The Kier molecular flexibility index (Phi) is 3.75. The molecule has 1 unspecified atom stereocenters. The van der Waals surface area contributed by atoms with Crippen molar-refractivity contribution in [3.05, 3.63) is 24.2 Å². The van der Waals surface area contributed by atoms with Crippen molar-refractivity contribution in [3.63, 3.8) is 0 Å². The number of aliphatic hydroxyl groups excluding tert-OH is 1. The van der Waals surface area contributed by atoms with Crippen LogP contribution in [0.4, 0.5) is 4.79 Å². The van der Waals surface area contributed by atoms with Crippen molar-refractivity contribution < 1.29 is 24.2 Å². The first kappa shape index (κ1) is 13.4. The van der Waals surface area contributed by atoms with E-state index in [9.17, 15) is 14.7 Å². The Morgan fingerprint density at radius 3 is 2.89 bits per heavy atom. The minimum Gasteiger partial charge on any atom is -0.480 e. The van der Waals surface area contributed by atoms with Gasteiger partial charge in [0.2, 0.25) is 0 Å². The Labute approximate surface area is 109 Å². The lowest BCUT2D eigenvalue weighted by molar-refractivity contribution is -0.141. The number of rotatable bonds is 3. The van der Waals surface area contributed by atoms with Gasteiger partial charge in [-0.15, -0.1) is 0 Å². The fraction of sp³-hybridized carbons (Fsp3) is 0.500. The molecule has 3 atom stereocenters. The molecule has 0 aromatic carbocycles. The summed E-state index contributed by atoms with van der Waals surface area (Å²) in [6.07, 6.45) is 0.751. The standard InChI is InChI=1S/C12H16N2O5/c1-7(10-3-2-4-19-10)13-12(18)14-6-8(15)5-9(14)11(16)17/h2-4,7-9,15H,5-6H2,1H3,(H,13,18)(H,16,17)/t7?,8-,9-/m0/s1. The highest BCUT2D eigenvalue weighted by Gasteiger charge is 2.39. The van der Waals surface area contributed by atoms with Gasteiger partial charge in [-0.1, -0.05) is 0 Å². The Morgan fingerprint density at radius 2 is 2.32 bits per heavy atom. The maximum atomic E-state index is 12.0. The number of nitrogens with one attached hydrogen (secondary N) is 1. The smallest absolute Gasteiger partial charge is 0.326 e. The van der Waals surface area contributed by atoms with Gasteiger partial charge in [0.25, 0.3) is 0 Å². The predicted molar refractivity (Wildman–Crippen MR) is 64.4 cm³/mol. The Balaban J connectivity index is 2.01. The Bertz CT molecular complexity index is 459. The summed E-state index contributed by atoms with van der Waals surface area (Å²) < 4.78 is 5.16. The number of urea groups is 1. The SMILES string of the molecule is CC(NC(=O)N1C[C@@H](O)C[C@H]1C(=O)O)c1ccco1. The Hall–Kier alpha value is -2.02. The molecule has 1 aliphatic rings. The highest BCUT2D eigenvalue weighted by Crippen LogP contribution is 2.20. The molecule has 3 N–H and O–H groups in total. The molecule has 0 aliphatic carbocycles. The largest absolute Gasteiger partial charge is 0.480 e. The van der Waals surface area contributed by atoms with Gasteiger partial charge >= 0.3 is 12.0 Å². The van der Waals surface area contributed by atoms with Crippen molar-refractivity contribution in [1.82, 2.24) is 10.2 Å². The number of amides is 2. The molecule has 2 rings (SSSR count). The summed E-state index contributed by atoms with van der Waals surface area (Å²) in [5.74, 6) is -0.530. The lowest BCUT2D eigenvalue weighted by atomic mass is 10.2. The van der Waals surface area contributed by atoms with Gasteiger partial charge in [-0.2, -0.15) is 0 Å². The molecule has 104 valence electrons. The van der Waals surface area contributed by atoms with E-state index in [4.69, 9.17) is 9.52 Å². The number of nitrogens with zero attached hydrogens (tertiary/aromatic N) is 1. The second-order valence-electron chi connectivity index (χ2n) is 4.58. The molecule has 0 bridgehead atoms. The number of carbonyl (C=O) groups excluding carboxylic acids is 1. The summed E-state index contributed by atoms with van der Waals surface area (Å²) in [7, 11) is 0. The Morgan fingerprint density at radius 1 is 1.58 bits per heavy atom. The van der Waals surface area contributed by atoms with Crippen molar-refractivity contribution in [2.75, 3.05) is 6.54 Å². The number of carbonyl (C=O) groups is 2. The molecule has 19 heavy (non-hydrogen) atoms. The minimum absolute atomic E-state index is 0.0215. The summed E-state index contributed by atoms with van der Waals surface area (Å²) >= 11 is 0. The van der Waals surface area contributed by atoms with Crippen LogP contribution >= 0.6 is 0 Å². The molecule has 2 amide bonds. The van der Waals surface area contributed by atoms with E-state index in [2.05, 4.69) is 5.32 Å².